The monoisotopic (exact) mass is 300 g/mol. The lowest BCUT2D eigenvalue weighted by Gasteiger charge is -2.00. The van der Waals surface area contributed by atoms with E-state index >= 15 is 0 Å². The van der Waals surface area contributed by atoms with Crippen LogP contribution in [0, 0.1) is 0 Å². The van der Waals surface area contributed by atoms with Crippen LogP contribution in [0.3, 0.4) is 0 Å². The van der Waals surface area contributed by atoms with Crippen molar-refractivity contribution >= 4 is 27.5 Å². The highest BCUT2D eigenvalue weighted by Crippen LogP contribution is 2.33. The molecule has 0 fully saturated rings. The maximum Gasteiger partial charge on any atom is 0.249 e. The first kappa shape index (κ1) is 11.6. The summed E-state index contributed by atoms with van der Waals surface area (Å²) in [4.78, 5) is 0. The number of nitrogens with zero attached hydrogens (tertiary/aromatic N) is 2. The summed E-state index contributed by atoms with van der Waals surface area (Å²) in [6.07, 6.45) is 0. The summed E-state index contributed by atoms with van der Waals surface area (Å²) in [7, 11) is 0. The molecule has 0 aliphatic heterocycles. The average molecular weight is 302 g/mol. The normalized spacial score (nSPS) is 11.1. The largest absolute Gasteiger partial charge is 0.420 e. The van der Waals surface area contributed by atoms with Crippen LogP contribution < -0.4 is 0 Å². The van der Waals surface area contributed by atoms with Gasteiger partial charge in [0.1, 0.15) is 0 Å². The van der Waals surface area contributed by atoms with Gasteiger partial charge in [-0.15, -0.1) is 10.2 Å². The van der Waals surface area contributed by atoms with Gasteiger partial charge in [-0.2, -0.15) is 0 Å². The van der Waals surface area contributed by atoms with Crippen molar-refractivity contribution in [2.45, 2.75) is 19.8 Å². The van der Waals surface area contributed by atoms with E-state index in [1.54, 1.807) is 0 Å². The van der Waals surface area contributed by atoms with Crippen LogP contribution >= 0.6 is 27.5 Å². The summed E-state index contributed by atoms with van der Waals surface area (Å²) in [5, 5.41) is 8.54. The molecule has 0 spiro atoms. The van der Waals surface area contributed by atoms with Gasteiger partial charge in [0, 0.05) is 10.4 Å². The maximum absolute atomic E-state index is 6.14. The van der Waals surface area contributed by atoms with Gasteiger partial charge in [-0.3, -0.25) is 0 Å². The number of halogens is 2. The molecule has 1 heterocycles. The molecule has 0 aliphatic rings. The Balaban J connectivity index is 2.47. The van der Waals surface area contributed by atoms with Crippen LogP contribution in [0.1, 0.15) is 25.7 Å². The van der Waals surface area contributed by atoms with Crippen molar-refractivity contribution in [3.05, 3.63) is 33.6 Å². The molecule has 0 atom stereocenters. The molecule has 0 N–H and O–H groups in total. The molecule has 84 valence electrons. The Kier molecular flexibility index (Phi) is 3.30. The number of hydrogen-bond donors (Lipinski definition) is 0. The van der Waals surface area contributed by atoms with Crippen molar-refractivity contribution in [2.24, 2.45) is 0 Å². The molecule has 0 unspecified atom stereocenters. The maximum atomic E-state index is 6.14. The second-order valence-electron chi connectivity index (χ2n) is 3.70. The van der Waals surface area contributed by atoms with E-state index in [2.05, 4.69) is 26.1 Å². The Labute approximate surface area is 107 Å². The highest BCUT2D eigenvalue weighted by atomic mass is 79.9. The molecule has 0 aliphatic carbocycles. The number of aromatic nitrogens is 2. The van der Waals surface area contributed by atoms with Crippen molar-refractivity contribution in [3.8, 4) is 11.5 Å². The lowest BCUT2D eigenvalue weighted by Crippen LogP contribution is -1.85. The van der Waals surface area contributed by atoms with E-state index in [1.165, 1.54) is 0 Å². The SMILES string of the molecule is CC(C)c1nnc(-c2cccc(Br)c2Cl)o1. The van der Waals surface area contributed by atoms with Gasteiger partial charge >= 0.3 is 0 Å². The molecule has 1 aromatic carbocycles. The number of benzene rings is 1. The van der Waals surface area contributed by atoms with Crippen LogP contribution in [-0.2, 0) is 0 Å². The molecule has 1 aromatic heterocycles. The highest BCUT2D eigenvalue weighted by molar-refractivity contribution is 9.10. The summed E-state index contributed by atoms with van der Waals surface area (Å²) in [6.45, 7) is 4.00. The van der Waals surface area contributed by atoms with Gasteiger partial charge in [-0.05, 0) is 28.1 Å². The van der Waals surface area contributed by atoms with Crippen molar-refractivity contribution in [3.63, 3.8) is 0 Å². The Bertz CT molecular complexity index is 510. The molecule has 5 heteroatoms. The van der Waals surface area contributed by atoms with E-state index in [1.807, 2.05) is 32.0 Å². The molecular weight excluding hydrogens is 291 g/mol. The van der Waals surface area contributed by atoms with Crippen LogP contribution in [0.2, 0.25) is 5.02 Å². The molecule has 0 saturated carbocycles. The fourth-order valence-electron chi connectivity index (χ4n) is 1.25. The number of rotatable bonds is 2. The first-order valence-electron chi connectivity index (χ1n) is 4.87. The Hall–Kier alpha value is -0.870. The Morgan fingerprint density at radius 2 is 2.06 bits per heavy atom. The molecule has 0 amide bonds. The smallest absolute Gasteiger partial charge is 0.249 e. The second-order valence-corrected chi connectivity index (χ2v) is 4.93. The Morgan fingerprint density at radius 3 is 2.69 bits per heavy atom. The molecular formula is C11H10BrClN2O. The average Bonchev–Trinajstić information content (AvgIpc) is 2.71. The lowest BCUT2D eigenvalue weighted by atomic mass is 10.2. The van der Waals surface area contributed by atoms with E-state index in [4.69, 9.17) is 16.0 Å². The fraction of sp³-hybridized carbons (Fsp3) is 0.273. The molecule has 0 saturated heterocycles. The first-order valence-corrected chi connectivity index (χ1v) is 6.04. The van der Waals surface area contributed by atoms with Crippen molar-refractivity contribution < 1.29 is 4.42 Å². The van der Waals surface area contributed by atoms with Crippen molar-refractivity contribution in [1.29, 1.82) is 0 Å². The zero-order chi connectivity index (χ0) is 11.7. The highest BCUT2D eigenvalue weighted by Gasteiger charge is 2.14. The van der Waals surface area contributed by atoms with E-state index in [-0.39, 0.29) is 5.92 Å². The van der Waals surface area contributed by atoms with Crippen LogP contribution in [0.5, 0.6) is 0 Å². The van der Waals surface area contributed by atoms with E-state index < -0.39 is 0 Å². The molecule has 2 aromatic rings. The summed E-state index contributed by atoms with van der Waals surface area (Å²) in [5.41, 5.74) is 0.746. The summed E-state index contributed by atoms with van der Waals surface area (Å²) >= 11 is 9.50. The topological polar surface area (TPSA) is 38.9 Å². The van der Waals surface area contributed by atoms with Gasteiger partial charge in [-0.25, -0.2) is 0 Å². The van der Waals surface area contributed by atoms with Gasteiger partial charge in [-0.1, -0.05) is 31.5 Å². The van der Waals surface area contributed by atoms with Crippen LogP contribution in [0.25, 0.3) is 11.5 Å². The van der Waals surface area contributed by atoms with Gasteiger partial charge < -0.3 is 4.42 Å². The zero-order valence-electron chi connectivity index (χ0n) is 8.87. The third kappa shape index (κ3) is 2.13. The van der Waals surface area contributed by atoms with Crippen molar-refractivity contribution in [1.82, 2.24) is 10.2 Å². The molecule has 2 rings (SSSR count). The number of hydrogen-bond acceptors (Lipinski definition) is 3. The van der Waals surface area contributed by atoms with Gasteiger partial charge in [0.15, 0.2) is 0 Å². The minimum Gasteiger partial charge on any atom is -0.420 e. The standard InChI is InChI=1S/C11H10BrClN2O/c1-6(2)10-14-15-11(16-10)7-4-3-5-8(12)9(7)13/h3-6H,1-2H3. The Morgan fingerprint density at radius 1 is 1.31 bits per heavy atom. The quantitative estimate of drug-likeness (QED) is 0.831. The predicted molar refractivity (Wildman–Crippen MR) is 66.5 cm³/mol. The van der Waals surface area contributed by atoms with E-state index in [0.717, 1.165) is 10.0 Å². The third-order valence-electron chi connectivity index (χ3n) is 2.12. The lowest BCUT2D eigenvalue weighted by molar-refractivity contribution is 0.481. The minimum atomic E-state index is 0.215. The van der Waals surface area contributed by atoms with Gasteiger partial charge in [0.25, 0.3) is 0 Å². The van der Waals surface area contributed by atoms with Crippen LogP contribution in [0.4, 0.5) is 0 Å². The molecule has 3 nitrogen and oxygen atoms in total. The fourth-order valence-corrected chi connectivity index (χ4v) is 1.82. The van der Waals surface area contributed by atoms with Gasteiger partial charge in [0.2, 0.25) is 11.8 Å². The van der Waals surface area contributed by atoms with Crippen LogP contribution in [0.15, 0.2) is 27.1 Å². The van der Waals surface area contributed by atoms with E-state index in [9.17, 15) is 0 Å². The second kappa shape index (κ2) is 4.55. The minimum absolute atomic E-state index is 0.215. The van der Waals surface area contributed by atoms with E-state index in [0.29, 0.717) is 16.8 Å². The van der Waals surface area contributed by atoms with Crippen molar-refractivity contribution in [2.75, 3.05) is 0 Å². The zero-order valence-corrected chi connectivity index (χ0v) is 11.2. The third-order valence-corrected chi connectivity index (χ3v) is 3.41. The van der Waals surface area contributed by atoms with Gasteiger partial charge in [0.05, 0.1) is 10.6 Å². The first-order chi connectivity index (χ1) is 7.59. The molecule has 16 heavy (non-hydrogen) atoms. The summed E-state index contributed by atoms with van der Waals surface area (Å²) in [5.74, 6) is 1.29. The molecule has 0 radical (unpaired) electrons. The van der Waals surface area contributed by atoms with Crippen LogP contribution in [-0.4, -0.2) is 10.2 Å². The summed E-state index contributed by atoms with van der Waals surface area (Å²) < 4.78 is 6.36. The molecule has 0 bridgehead atoms. The summed E-state index contributed by atoms with van der Waals surface area (Å²) in [6, 6.07) is 5.60. The predicted octanol–water partition coefficient (Wildman–Crippen LogP) is 4.28.